The van der Waals surface area contributed by atoms with E-state index in [4.69, 9.17) is 14.0 Å². The summed E-state index contributed by atoms with van der Waals surface area (Å²) in [6.45, 7) is 3.72. The SMILES string of the molecule is C\C=C(/C=C\C(C)=C\O)c1ccc(OSCC2CC(O)CC(CO)O2)cc1. The van der Waals surface area contributed by atoms with Crippen molar-refractivity contribution in [1.29, 1.82) is 0 Å². The quantitative estimate of drug-likeness (QED) is 0.352. The van der Waals surface area contributed by atoms with Crippen LogP contribution in [0, 0.1) is 0 Å². The first-order valence-electron chi connectivity index (χ1n) is 9.05. The second kappa shape index (κ2) is 11.2. The Hall–Kier alpha value is -1.73. The minimum absolute atomic E-state index is 0.0735. The third-order valence-electron chi connectivity index (χ3n) is 4.30. The molecule has 0 aromatic heterocycles. The molecule has 1 saturated heterocycles. The van der Waals surface area contributed by atoms with Gasteiger partial charge in [0.25, 0.3) is 0 Å². The molecule has 1 heterocycles. The molecule has 0 amide bonds. The third kappa shape index (κ3) is 7.07. The Bertz CT molecular complexity index is 666. The van der Waals surface area contributed by atoms with Crippen molar-refractivity contribution in [2.45, 2.75) is 45.0 Å². The van der Waals surface area contributed by atoms with Crippen molar-refractivity contribution < 1.29 is 24.2 Å². The van der Waals surface area contributed by atoms with Crippen molar-refractivity contribution >= 4 is 17.6 Å². The fraction of sp³-hybridized carbons (Fsp3) is 0.429. The number of hydrogen-bond donors (Lipinski definition) is 3. The molecule has 148 valence electrons. The molecular formula is C21H28O5S. The molecule has 5 nitrogen and oxygen atoms in total. The number of aliphatic hydroxyl groups is 3. The highest BCUT2D eigenvalue weighted by atomic mass is 32.2. The summed E-state index contributed by atoms with van der Waals surface area (Å²) < 4.78 is 11.4. The van der Waals surface area contributed by atoms with Crippen LogP contribution in [0.4, 0.5) is 0 Å². The van der Waals surface area contributed by atoms with E-state index >= 15 is 0 Å². The molecule has 3 atom stereocenters. The fourth-order valence-electron chi connectivity index (χ4n) is 2.82. The van der Waals surface area contributed by atoms with E-state index in [2.05, 4.69) is 0 Å². The van der Waals surface area contributed by atoms with E-state index in [9.17, 15) is 10.2 Å². The fourth-order valence-corrected chi connectivity index (χ4v) is 3.50. The van der Waals surface area contributed by atoms with Gasteiger partial charge in [-0.15, -0.1) is 0 Å². The molecule has 2 rings (SSSR count). The summed E-state index contributed by atoms with van der Waals surface area (Å²) in [5.74, 6) is 1.33. The minimum atomic E-state index is -0.433. The van der Waals surface area contributed by atoms with Gasteiger partial charge in [-0.05, 0) is 42.7 Å². The van der Waals surface area contributed by atoms with E-state index in [1.165, 1.54) is 12.0 Å². The predicted molar refractivity (Wildman–Crippen MR) is 110 cm³/mol. The predicted octanol–water partition coefficient (Wildman–Crippen LogP) is 4.04. The van der Waals surface area contributed by atoms with E-state index in [1.807, 2.05) is 56.3 Å². The Morgan fingerprint density at radius 3 is 2.56 bits per heavy atom. The highest BCUT2D eigenvalue weighted by molar-refractivity contribution is 7.95. The van der Waals surface area contributed by atoms with Gasteiger partial charge in [0.1, 0.15) is 5.75 Å². The maximum Gasteiger partial charge on any atom is 0.137 e. The van der Waals surface area contributed by atoms with Gasteiger partial charge in [0, 0.05) is 12.8 Å². The van der Waals surface area contributed by atoms with Crippen molar-refractivity contribution in [1.82, 2.24) is 0 Å². The number of ether oxygens (including phenoxy) is 1. The van der Waals surface area contributed by atoms with Crippen LogP contribution in [0.2, 0.25) is 0 Å². The first kappa shape index (κ1) is 21.6. The molecule has 0 saturated carbocycles. The van der Waals surface area contributed by atoms with Gasteiger partial charge >= 0.3 is 0 Å². The molecule has 6 heteroatoms. The van der Waals surface area contributed by atoms with E-state index in [-0.39, 0.29) is 18.8 Å². The molecule has 1 aromatic rings. The van der Waals surface area contributed by atoms with Crippen LogP contribution in [-0.4, -0.2) is 46.0 Å². The number of hydrogen-bond acceptors (Lipinski definition) is 6. The first-order valence-corrected chi connectivity index (χ1v) is 9.96. The Morgan fingerprint density at radius 2 is 1.93 bits per heavy atom. The lowest BCUT2D eigenvalue weighted by atomic mass is 10.0. The summed E-state index contributed by atoms with van der Waals surface area (Å²) in [5, 5.41) is 28.0. The van der Waals surface area contributed by atoms with Crippen LogP contribution in [0.25, 0.3) is 5.57 Å². The highest BCUT2D eigenvalue weighted by Gasteiger charge is 2.28. The molecule has 1 aliphatic heterocycles. The summed E-state index contributed by atoms with van der Waals surface area (Å²) in [7, 11) is 0. The second-order valence-electron chi connectivity index (χ2n) is 6.53. The molecule has 3 unspecified atom stereocenters. The number of aliphatic hydroxyl groups excluding tert-OH is 3. The van der Waals surface area contributed by atoms with Crippen LogP contribution in [-0.2, 0) is 4.74 Å². The van der Waals surface area contributed by atoms with Crippen LogP contribution in [0.15, 0.2) is 54.3 Å². The van der Waals surface area contributed by atoms with Crippen molar-refractivity contribution in [2.75, 3.05) is 12.4 Å². The van der Waals surface area contributed by atoms with Crippen LogP contribution < -0.4 is 4.18 Å². The molecule has 1 fully saturated rings. The van der Waals surface area contributed by atoms with Crippen LogP contribution in [0.1, 0.15) is 32.3 Å². The molecule has 1 aromatic carbocycles. The summed E-state index contributed by atoms with van der Waals surface area (Å²) in [6.07, 6.45) is 7.08. The zero-order chi connectivity index (χ0) is 19.6. The van der Waals surface area contributed by atoms with Crippen LogP contribution in [0.3, 0.4) is 0 Å². The zero-order valence-electron chi connectivity index (χ0n) is 15.7. The largest absolute Gasteiger partial charge is 0.515 e. The lowest BCUT2D eigenvalue weighted by Gasteiger charge is -2.31. The van der Waals surface area contributed by atoms with Crippen molar-refractivity contribution in [3.8, 4) is 5.75 Å². The van der Waals surface area contributed by atoms with Crippen molar-refractivity contribution in [3.05, 3.63) is 59.9 Å². The van der Waals surface area contributed by atoms with E-state index in [0.717, 1.165) is 28.7 Å². The summed E-state index contributed by atoms with van der Waals surface area (Å²) in [5.41, 5.74) is 2.89. The smallest absolute Gasteiger partial charge is 0.137 e. The topological polar surface area (TPSA) is 79.2 Å². The summed E-state index contributed by atoms with van der Waals surface area (Å²) >= 11 is 1.28. The molecule has 0 radical (unpaired) electrons. The maximum atomic E-state index is 9.83. The monoisotopic (exact) mass is 392 g/mol. The average molecular weight is 393 g/mol. The van der Waals surface area contributed by atoms with Gasteiger partial charge in [-0.2, -0.15) is 0 Å². The Labute approximate surface area is 165 Å². The van der Waals surface area contributed by atoms with Crippen LogP contribution >= 0.6 is 12.0 Å². The Morgan fingerprint density at radius 1 is 1.22 bits per heavy atom. The van der Waals surface area contributed by atoms with Gasteiger partial charge in [-0.1, -0.05) is 30.4 Å². The van der Waals surface area contributed by atoms with Gasteiger partial charge in [-0.3, -0.25) is 0 Å². The standard InChI is InChI=1S/C21H28O5S/c1-3-16(5-4-15(2)12-22)17-6-8-19(9-7-17)26-27-14-21-11-18(24)10-20(13-23)25-21/h3-9,12,18,20-24H,10-11,13-14H2,1-2H3/b5-4-,15-12+,16-3+. The number of rotatable bonds is 8. The minimum Gasteiger partial charge on any atom is -0.515 e. The Kier molecular flexibility index (Phi) is 8.94. The molecule has 0 spiro atoms. The zero-order valence-corrected chi connectivity index (χ0v) is 16.6. The van der Waals surface area contributed by atoms with Gasteiger partial charge < -0.3 is 24.2 Å². The van der Waals surface area contributed by atoms with Gasteiger partial charge in [0.15, 0.2) is 0 Å². The van der Waals surface area contributed by atoms with Crippen molar-refractivity contribution in [2.24, 2.45) is 0 Å². The van der Waals surface area contributed by atoms with Gasteiger partial charge in [0.05, 0.1) is 49.0 Å². The summed E-state index contributed by atoms with van der Waals surface area (Å²) in [4.78, 5) is 0. The molecule has 0 aliphatic carbocycles. The Balaban J connectivity index is 1.85. The molecule has 1 aliphatic rings. The lowest BCUT2D eigenvalue weighted by molar-refractivity contribution is -0.102. The number of allylic oxidation sites excluding steroid dienone is 5. The number of benzene rings is 1. The van der Waals surface area contributed by atoms with E-state index in [1.54, 1.807) is 0 Å². The average Bonchev–Trinajstić information content (AvgIpc) is 2.68. The molecule has 3 N–H and O–H groups in total. The first-order chi connectivity index (χ1) is 13.0. The van der Waals surface area contributed by atoms with Crippen molar-refractivity contribution in [3.63, 3.8) is 0 Å². The van der Waals surface area contributed by atoms with Gasteiger partial charge in [0.2, 0.25) is 0 Å². The third-order valence-corrected chi connectivity index (χ3v) is 5.11. The normalized spacial score (nSPS) is 24.4. The van der Waals surface area contributed by atoms with E-state index in [0.29, 0.717) is 18.6 Å². The van der Waals surface area contributed by atoms with Gasteiger partial charge in [-0.25, -0.2) is 0 Å². The van der Waals surface area contributed by atoms with Crippen LogP contribution in [0.5, 0.6) is 5.75 Å². The van der Waals surface area contributed by atoms with E-state index < -0.39 is 6.10 Å². The summed E-state index contributed by atoms with van der Waals surface area (Å²) in [6, 6.07) is 7.77. The molecular weight excluding hydrogens is 364 g/mol. The highest BCUT2D eigenvalue weighted by Crippen LogP contribution is 2.26. The second-order valence-corrected chi connectivity index (χ2v) is 7.27. The molecule has 27 heavy (non-hydrogen) atoms. The molecule has 0 bridgehead atoms. The lowest BCUT2D eigenvalue weighted by Crippen LogP contribution is -2.38. The maximum absolute atomic E-state index is 9.83.